The maximum Gasteiger partial charge on any atom is 0.315 e. The van der Waals surface area contributed by atoms with Crippen molar-refractivity contribution >= 4 is 17.6 Å². The first-order valence-electron chi connectivity index (χ1n) is 5.34. The van der Waals surface area contributed by atoms with E-state index in [-0.39, 0.29) is 12.2 Å². The quantitative estimate of drug-likeness (QED) is 0.625. The molecule has 0 atom stereocenters. The van der Waals surface area contributed by atoms with Gasteiger partial charge in [-0.2, -0.15) is 0 Å². The highest BCUT2D eigenvalue weighted by molar-refractivity contribution is 6.30. The van der Waals surface area contributed by atoms with Crippen LogP contribution in [0.5, 0.6) is 5.75 Å². The minimum absolute atomic E-state index is 0.147. The lowest BCUT2D eigenvalue weighted by atomic mass is 10.1. The van der Waals surface area contributed by atoms with E-state index in [1.165, 1.54) is 24.3 Å². The number of rotatable bonds is 3. The van der Waals surface area contributed by atoms with E-state index in [2.05, 4.69) is 0 Å². The van der Waals surface area contributed by atoms with Gasteiger partial charge in [-0.05, 0) is 42.0 Å². The smallest absolute Gasteiger partial charge is 0.315 e. The van der Waals surface area contributed by atoms with Gasteiger partial charge in [-0.25, -0.2) is 4.39 Å². The average molecular weight is 265 g/mol. The second-order valence-electron chi connectivity index (χ2n) is 3.73. The normalized spacial score (nSPS) is 10.1. The van der Waals surface area contributed by atoms with Crippen LogP contribution in [0.2, 0.25) is 5.02 Å². The lowest BCUT2D eigenvalue weighted by molar-refractivity contribution is -0.133. The molecule has 0 fully saturated rings. The number of hydrogen-bond acceptors (Lipinski definition) is 2. The zero-order chi connectivity index (χ0) is 13.0. The summed E-state index contributed by atoms with van der Waals surface area (Å²) in [5, 5.41) is 0.616. The predicted molar refractivity (Wildman–Crippen MR) is 67.2 cm³/mol. The molecule has 0 radical (unpaired) electrons. The summed E-state index contributed by atoms with van der Waals surface area (Å²) < 4.78 is 17.7. The number of benzene rings is 2. The number of esters is 1. The van der Waals surface area contributed by atoms with Gasteiger partial charge in [0.2, 0.25) is 0 Å². The van der Waals surface area contributed by atoms with Gasteiger partial charge in [-0.15, -0.1) is 0 Å². The van der Waals surface area contributed by atoms with Gasteiger partial charge in [0, 0.05) is 5.02 Å². The molecule has 0 unspecified atom stereocenters. The zero-order valence-electron chi connectivity index (χ0n) is 9.40. The van der Waals surface area contributed by atoms with Crippen LogP contribution in [0, 0.1) is 5.82 Å². The Balaban J connectivity index is 1.96. The maximum absolute atomic E-state index is 12.7. The highest BCUT2D eigenvalue weighted by Crippen LogP contribution is 2.14. The number of carbonyl (C=O) groups excluding carboxylic acids is 1. The van der Waals surface area contributed by atoms with Crippen LogP contribution in [0.3, 0.4) is 0 Å². The van der Waals surface area contributed by atoms with Gasteiger partial charge in [-0.3, -0.25) is 4.79 Å². The molecule has 2 rings (SSSR count). The van der Waals surface area contributed by atoms with Crippen LogP contribution in [0.4, 0.5) is 4.39 Å². The summed E-state index contributed by atoms with van der Waals surface area (Å²) >= 11 is 5.74. The second-order valence-corrected chi connectivity index (χ2v) is 4.17. The molecule has 0 aromatic heterocycles. The third-order valence-corrected chi connectivity index (χ3v) is 2.56. The van der Waals surface area contributed by atoms with E-state index in [0.29, 0.717) is 10.8 Å². The molecule has 0 N–H and O–H groups in total. The number of carbonyl (C=O) groups is 1. The molecule has 18 heavy (non-hydrogen) atoms. The molecule has 2 aromatic rings. The second kappa shape index (κ2) is 5.65. The first-order chi connectivity index (χ1) is 8.63. The number of halogens is 2. The Hall–Kier alpha value is -1.87. The summed E-state index contributed by atoms with van der Waals surface area (Å²) in [5.41, 5.74) is 0.812. The molecule has 0 aliphatic rings. The van der Waals surface area contributed by atoms with Crippen molar-refractivity contribution in [2.45, 2.75) is 6.42 Å². The molecule has 0 aliphatic heterocycles. The topological polar surface area (TPSA) is 26.3 Å². The molecule has 4 heteroatoms. The van der Waals surface area contributed by atoms with E-state index in [9.17, 15) is 9.18 Å². The zero-order valence-corrected chi connectivity index (χ0v) is 10.2. The summed E-state index contributed by atoms with van der Waals surface area (Å²) in [6.07, 6.45) is 0.147. The molecule has 2 nitrogen and oxygen atoms in total. The largest absolute Gasteiger partial charge is 0.426 e. The van der Waals surface area contributed by atoms with Crippen LogP contribution in [0.25, 0.3) is 0 Å². The highest BCUT2D eigenvalue weighted by atomic mass is 35.5. The molecule has 2 aromatic carbocycles. The highest BCUT2D eigenvalue weighted by Gasteiger charge is 2.06. The molecule has 0 amide bonds. The van der Waals surface area contributed by atoms with E-state index in [4.69, 9.17) is 16.3 Å². The molecular weight excluding hydrogens is 255 g/mol. The van der Waals surface area contributed by atoms with Gasteiger partial charge in [0.05, 0.1) is 6.42 Å². The van der Waals surface area contributed by atoms with Gasteiger partial charge in [-0.1, -0.05) is 23.7 Å². The minimum atomic E-state index is -0.399. The van der Waals surface area contributed by atoms with Crippen LogP contribution in [-0.4, -0.2) is 5.97 Å². The van der Waals surface area contributed by atoms with Crippen molar-refractivity contribution in [3.63, 3.8) is 0 Å². The molecule has 0 aliphatic carbocycles. The fourth-order valence-corrected chi connectivity index (χ4v) is 1.57. The predicted octanol–water partition coefficient (Wildman–Crippen LogP) is 3.63. The Labute approximate surface area is 109 Å². The maximum atomic E-state index is 12.7. The van der Waals surface area contributed by atoms with E-state index in [1.54, 1.807) is 24.3 Å². The van der Waals surface area contributed by atoms with E-state index >= 15 is 0 Å². The van der Waals surface area contributed by atoms with Gasteiger partial charge in [0.1, 0.15) is 11.6 Å². The molecule has 0 saturated heterocycles. The first kappa shape index (κ1) is 12.6. The first-order valence-corrected chi connectivity index (χ1v) is 5.72. The molecule has 0 bridgehead atoms. The molecule has 92 valence electrons. The standard InChI is InChI=1S/C14H10ClFO2/c15-11-3-1-10(2-4-11)9-14(17)18-13-7-5-12(16)6-8-13/h1-8H,9H2. The Morgan fingerprint density at radius 2 is 1.67 bits per heavy atom. The van der Waals surface area contributed by atoms with Gasteiger partial charge in [0.15, 0.2) is 0 Å². The van der Waals surface area contributed by atoms with E-state index < -0.39 is 5.97 Å². The van der Waals surface area contributed by atoms with Crippen molar-refractivity contribution in [3.8, 4) is 5.75 Å². The summed E-state index contributed by atoms with van der Waals surface area (Å²) in [5.74, 6) is -0.438. The molecule has 0 saturated carbocycles. The minimum Gasteiger partial charge on any atom is -0.426 e. The number of ether oxygens (including phenoxy) is 1. The lowest BCUT2D eigenvalue weighted by Crippen LogP contribution is -2.11. The van der Waals surface area contributed by atoms with Crippen molar-refractivity contribution in [1.82, 2.24) is 0 Å². The fraction of sp³-hybridized carbons (Fsp3) is 0.0714. The molecule has 0 heterocycles. The van der Waals surface area contributed by atoms with Crippen molar-refractivity contribution in [2.24, 2.45) is 0 Å². The van der Waals surface area contributed by atoms with Crippen molar-refractivity contribution in [1.29, 1.82) is 0 Å². The summed E-state index contributed by atoms with van der Waals surface area (Å²) in [6, 6.07) is 12.2. The van der Waals surface area contributed by atoms with E-state index in [1.807, 2.05) is 0 Å². The Bertz CT molecular complexity index is 485. The number of hydrogen-bond donors (Lipinski definition) is 0. The van der Waals surface area contributed by atoms with Crippen LogP contribution in [-0.2, 0) is 11.2 Å². The Kier molecular flexibility index (Phi) is 3.95. The summed E-state index contributed by atoms with van der Waals surface area (Å²) in [7, 11) is 0. The van der Waals surface area contributed by atoms with Crippen LogP contribution in [0.15, 0.2) is 48.5 Å². The van der Waals surface area contributed by atoms with Crippen LogP contribution >= 0.6 is 11.6 Å². The molecule has 0 spiro atoms. The van der Waals surface area contributed by atoms with E-state index in [0.717, 1.165) is 5.56 Å². The Morgan fingerprint density at radius 3 is 2.28 bits per heavy atom. The van der Waals surface area contributed by atoms with Gasteiger partial charge >= 0.3 is 5.97 Å². The SMILES string of the molecule is O=C(Cc1ccc(Cl)cc1)Oc1ccc(F)cc1. The summed E-state index contributed by atoms with van der Waals surface area (Å²) in [4.78, 5) is 11.6. The van der Waals surface area contributed by atoms with Crippen molar-refractivity contribution in [2.75, 3.05) is 0 Å². The van der Waals surface area contributed by atoms with Gasteiger partial charge < -0.3 is 4.74 Å². The fourth-order valence-electron chi connectivity index (χ4n) is 1.44. The summed E-state index contributed by atoms with van der Waals surface area (Å²) in [6.45, 7) is 0. The monoisotopic (exact) mass is 264 g/mol. The lowest BCUT2D eigenvalue weighted by Gasteiger charge is -2.04. The average Bonchev–Trinajstić information content (AvgIpc) is 2.35. The van der Waals surface area contributed by atoms with Gasteiger partial charge in [0.25, 0.3) is 0 Å². The third-order valence-electron chi connectivity index (χ3n) is 2.31. The Morgan fingerprint density at radius 1 is 1.06 bits per heavy atom. The van der Waals surface area contributed by atoms with Crippen LogP contribution in [0.1, 0.15) is 5.56 Å². The van der Waals surface area contributed by atoms with Crippen molar-refractivity contribution in [3.05, 3.63) is 64.9 Å². The third kappa shape index (κ3) is 3.57. The van der Waals surface area contributed by atoms with Crippen LogP contribution < -0.4 is 4.74 Å². The molecular formula is C14H10ClFO2. The van der Waals surface area contributed by atoms with Crippen molar-refractivity contribution < 1.29 is 13.9 Å².